The monoisotopic (exact) mass is 533 g/mol. The van der Waals surface area contributed by atoms with E-state index in [1.165, 1.54) is 0 Å². The number of hydrogen-bond acceptors (Lipinski definition) is 8. The van der Waals surface area contributed by atoms with Gasteiger partial charge >= 0.3 is 11.9 Å². The van der Waals surface area contributed by atoms with Crippen molar-refractivity contribution in [2.24, 2.45) is 17.3 Å². The van der Waals surface area contributed by atoms with Crippen molar-refractivity contribution in [2.75, 3.05) is 6.61 Å². The summed E-state index contributed by atoms with van der Waals surface area (Å²) in [5.41, 5.74) is 0.617. The molecule has 1 aromatic rings. The Bertz CT molecular complexity index is 1080. The fraction of sp³-hybridized carbons (Fsp3) is 0.679. The van der Waals surface area contributed by atoms with Gasteiger partial charge in [0.25, 0.3) is 5.09 Å². The molecule has 3 atom stereocenters. The van der Waals surface area contributed by atoms with Crippen molar-refractivity contribution in [1.82, 2.24) is 0 Å². The van der Waals surface area contributed by atoms with Crippen molar-refractivity contribution in [2.45, 2.75) is 96.8 Å². The number of phenolic OH excluding ortho intramolecular Hbond substituents is 1. The summed E-state index contributed by atoms with van der Waals surface area (Å²) in [7, 11) is 0. The van der Waals surface area contributed by atoms with Gasteiger partial charge in [-0.2, -0.15) is 0 Å². The molecule has 0 spiro atoms. The normalized spacial score (nSPS) is 21.9. The number of hydrogen-bond donors (Lipinski definition) is 2. The number of benzene rings is 1. The van der Waals surface area contributed by atoms with Crippen LogP contribution in [0.4, 0.5) is 0 Å². The van der Waals surface area contributed by atoms with E-state index in [0.29, 0.717) is 12.0 Å². The molecule has 2 bridgehead atoms. The number of ketones is 1. The third-order valence-electron chi connectivity index (χ3n) is 8.57. The first kappa shape index (κ1) is 29.4. The summed E-state index contributed by atoms with van der Waals surface area (Å²) in [6.07, 6.45) is 4.18. The Kier molecular flexibility index (Phi) is 9.05. The minimum atomic E-state index is -1.11. The van der Waals surface area contributed by atoms with E-state index < -0.39 is 22.4 Å². The lowest BCUT2D eigenvalue weighted by Gasteiger charge is -2.59. The fourth-order valence-corrected chi connectivity index (χ4v) is 6.14. The van der Waals surface area contributed by atoms with Crippen LogP contribution in [0.3, 0.4) is 0 Å². The molecule has 10 nitrogen and oxygen atoms in total. The number of ether oxygens (including phenoxy) is 1. The summed E-state index contributed by atoms with van der Waals surface area (Å²) in [4.78, 5) is 50.9. The highest BCUT2D eigenvalue weighted by atomic mass is 16.9. The summed E-state index contributed by atoms with van der Waals surface area (Å²) in [5.74, 6) is -1.60. The maximum absolute atomic E-state index is 12.8. The summed E-state index contributed by atoms with van der Waals surface area (Å²) >= 11 is 0. The van der Waals surface area contributed by atoms with Gasteiger partial charge in [-0.25, -0.2) is 0 Å². The lowest BCUT2D eigenvalue weighted by Crippen LogP contribution is -2.56. The standard InChI is InChI=1S/C28H39NO9/c1-27(2,11-7-5-6-8-12-37-29(35)36)17-13-22(31)26(23(14-17)38-25(34)10-9-24(32)33)18-15-21(30)20-16-19(18)28(20,3)4/h13-14,18-20,31H,5-12,15-16H2,1-4H3,(H,32,33)/t18-,19-,20+/m1/s1. The molecule has 0 radical (unpaired) electrons. The molecule has 1 aromatic carbocycles. The van der Waals surface area contributed by atoms with Gasteiger partial charge < -0.3 is 19.8 Å². The van der Waals surface area contributed by atoms with E-state index >= 15 is 0 Å². The molecule has 3 aliphatic rings. The minimum absolute atomic E-state index is 0.0109. The molecule has 0 unspecified atom stereocenters. The zero-order chi connectivity index (χ0) is 28.3. The maximum Gasteiger partial charge on any atom is 0.311 e. The van der Waals surface area contributed by atoms with Gasteiger partial charge in [0.1, 0.15) is 17.3 Å². The van der Waals surface area contributed by atoms with Gasteiger partial charge in [0.05, 0.1) is 19.4 Å². The minimum Gasteiger partial charge on any atom is -0.508 e. The highest BCUT2D eigenvalue weighted by Gasteiger charge is 2.59. The molecule has 10 heteroatoms. The van der Waals surface area contributed by atoms with E-state index in [-0.39, 0.29) is 66.3 Å². The Hall–Kier alpha value is -3.17. The van der Waals surface area contributed by atoms with Crippen molar-refractivity contribution < 1.29 is 39.3 Å². The van der Waals surface area contributed by atoms with Crippen molar-refractivity contribution in [1.29, 1.82) is 0 Å². The number of aliphatic carboxylic acids is 1. The topological polar surface area (TPSA) is 153 Å². The largest absolute Gasteiger partial charge is 0.508 e. The van der Waals surface area contributed by atoms with Crippen molar-refractivity contribution >= 4 is 17.7 Å². The maximum atomic E-state index is 12.8. The average Bonchev–Trinajstić information content (AvgIpc) is 2.80. The second-order valence-corrected chi connectivity index (χ2v) is 11.9. The van der Waals surface area contributed by atoms with Gasteiger partial charge in [0.15, 0.2) is 0 Å². The van der Waals surface area contributed by atoms with Crippen LogP contribution in [-0.4, -0.2) is 39.6 Å². The number of esters is 1. The molecule has 0 saturated heterocycles. The SMILES string of the molecule is CC(C)(CCCCCCO[N+](=O)[O-])c1cc(O)c([C@@H]2CC(=O)[C@@H]3C[C@H]2C3(C)C)c(OC(=O)CCC(=O)O)c1. The summed E-state index contributed by atoms with van der Waals surface area (Å²) in [6.45, 7) is 8.25. The smallest absolute Gasteiger partial charge is 0.311 e. The van der Waals surface area contributed by atoms with Crippen LogP contribution in [0.1, 0.15) is 103 Å². The van der Waals surface area contributed by atoms with Gasteiger partial charge in [-0.15, -0.1) is 10.1 Å². The van der Waals surface area contributed by atoms with Gasteiger partial charge in [0, 0.05) is 23.8 Å². The third-order valence-corrected chi connectivity index (χ3v) is 8.57. The number of nitrogens with zero attached hydrogens (tertiary/aromatic N) is 1. The molecular weight excluding hydrogens is 494 g/mol. The van der Waals surface area contributed by atoms with Crippen LogP contribution in [0.25, 0.3) is 0 Å². The quantitative estimate of drug-likeness (QED) is 0.106. The lowest BCUT2D eigenvalue weighted by molar-refractivity contribution is -0.757. The molecule has 0 amide bonds. The Balaban J connectivity index is 1.82. The molecule has 38 heavy (non-hydrogen) atoms. The zero-order valence-corrected chi connectivity index (χ0v) is 22.7. The molecule has 3 fully saturated rings. The number of unbranched alkanes of at least 4 members (excludes halogenated alkanes) is 3. The Morgan fingerprint density at radius 2 is 1.84 bits per heavy atom. The van der Waals surface area contributed by atoms with Gasteiger partial charge in [-0.3, -0.25) is 14.4 Å². The first-order valence-corrected chi connectivity index (χ1v) is 13.3. The number of carbonyl (C=O) groups is 3. The van der Waals surface area contributed by atoms with E-state index in [1.54, 1.807) is 12.1 Å². The highest BCUT2D eigenvalue weighted by molar-refractivity contribution is 5.86. The van der Waals surface area contributed by atoms with Gasteiger partial charge in [-0.1, -0.05) is 47.0 Å². The number of rotatable bonds is 14. The van der Waals surface area contributed by atoms with Crippen molar-refractivity contribution in [3.8, 4) is 11.5 Å². The molecule has 210 valence electrons. The predicted octanol–water partition coefficient (Wildman–Crippen LogP) is 5.32. The molecule has 0 aromatic heterocycles. The zero-order valence-electron chi connectivity index (χ0n) is 22.7. The molecule has 0 heterocycles. The third kappa shape index (κ3) is 6.63. The van der Waals surface area contributed by atoms with Crippen molar-refractivity contribution in [3.05, 3.63) is 33.4 Å². The van der Waals surface area contributed by atoms with E-state index in [0.717, 1.165) is 37.7 Å². The highest BCUT2D eigenvalue weighted by Crippen LogP contribution is 2.64. The van der Waals surface area contributed by atoms with Crippen molar-refractivity contribution in [3.63, 3.8) is 0 Å². The number of carboxylic acid groups (broad SMARTS) is 1. The predicted molar refractivity (Wildman–Crippen MR) is 137 cm³/mol. The summed E-state index contributed by atoms with van der Waals surface area (Å²) in [6, 6.07) is 3.44. The Labute approximate surface area is 222 Å². The fourth-order valence-electron chi connectivity index (χ4n) is 6.14. The number of aromatic hydroxyl groups is 1. The molecule has 2 N–H and O–H groups in total. The number of phenols is 1. The van der Waals surface area contributed by atoms with Gasteiger partial charge in [0.2, 0.25) is 0 Å². The van der Waals surface area contributed by atoms with E-state index in [1.807, 2.05) is 13.8 Å². The van der Waals surface area contributed by atoms with Crippen LogP contribution in [0, 0.1) is 27.4 Å². The second kappa shape index (κ2) is 11.7. The second-order valence-electron chi connectivity index (χ2n) is 11.9. The van der Waals surface area contributed by atoms with E-state index in [2.05, 4.69) is 18.7 Å². The molecule has 4 rings (SSSR count). The first-order valence-electron chi connectivity index (χ1n) is 13.3. The first-order chi connectivity index (χ1) is 17.7. The number of carboxylic acids is 1. The van der Waals surface area contributed by atoms with Crippen LogP contribution in [-0.2, 0) is 24.6 Å². The number of fused-ring (bicyclic) bond motifs is 2. The summed E-state index contributed by atoms with van der Waals surface area (Å²) in [5, 5.41) is 29.7. The Morgan fingerprint density at radius 1 is 1.16 bits per heavy atom. The number of carbonyl (C=O) groups excluding carboxylic acids is 2. The molecule has 0 aliphatic heterocycles. The van der Waals surface area contributed by atoms with Crippen LogP contribution in [0.2, 0.25) is 0 Å². The summed E-state index contributed by atoms with van der Waals surface area (Å²) < 4.78 is 5.68. The van der Waals surface area contributed by atoms with E-state index in [9.17, 15) is 29.6 Å². The molecular formula is C28H39NO9. The average molecular weight is 534 g/mol. The molecule has 3 saturated carbocycles. The molecule has 3 aliphatic carbocycles. The van der Waals surface area contributed by atoms with E-state index in [4.69, 9.17) is 9.84 Å². The van der Waals surface area contributed by atoms with Crippen LogP contribution in [0.5, 0.6) is 11.5 Å². The Morgan fingerprint density at radius 3 is 2.45 bits per heavy atom. The van der Waals surface area contributed by atoms with Gasteiger partial charge in [-0.05, 0) is 53.7 Å². The number of Topliss-reactive ketones (excluding diaryl/α,β-unsaturated/α-hetero) is 1. The van der Waals surface area contributed by atoms with Crippen LogP contribution in [0.15, 0.2) is 12.1 Å². The van der Waals surface area contributed by atoms with Crippen LogP contribution < -0.4 is 4.74 Å². The van der Waals surface area contributed by atoms with Crippen LogP contribution >= 0.6 is 0 Å². The lowest BCUT2D eigenvalue weighted by atomic mass is 9.44.